The number of H-pyrrole nitrogens is 1. The quantitative estimate of drug-likeness (QED) is 0.620. The van der Waals surface area contributed by atoms with Gasteiger partial charge in [-0.05, 0) is 37.6 Å². The minimum absolute atomic E-state index is 0.121. The van der Waals surface area contributed by atoms with Gasteiger partial charge < -0.3 is 15.0 Å². The van der Waals surface area contributed by atoms with E-state index in [1.165, 1.54) is 19.2 Å². The predicted molar refractivity (Wildman–Crippen MR) is 89.1 cm³/mol. The molecule has 2 N–H and O–H groups in total. The maximum Gasteiger partial charge on any atom is 0.355 e. The third-order valence-corrected chi connectivity index (χ3v) is 3.61. The summed E-state index contributed by atoms with van der Waals surface area (Å²) in [5, 5.41) is 3.29. The van der Waals surface area contributed by atoms with E-state index in [0.717, 1.165) is 5.56 Å². The van der Waals surface area contributed by atoms with Crippen molar-refractivity contribution in [2.24, 2.45) is 0 Å². The van der Waals surface area contributed by atoms with E-state index < -0.39 is 18.5 Å². The van der Waals surface area contributed by atoms with E-state index in [4.69, 9.17) is 16.3 Å². The summed E-state index contributed by atoms with van der Waals surface area (Å²) in [7, 11) is 0. The molecule has 6 nitrogen and oxygen atoms in total. The smallest absolute Gasteiger partial charge is 0.355 e. The molecule has 2 rings (SSSR count). The highest BCUT2D eigenvalue weighted by Gasteiger charge is 2.15. The molecule has 0 saturated heterocycles. The Morgan fingerprint density at radius 2 is 2.04 bits per heavy atom. The molecule has 0 radical (unpaired) electrons. The number of halogens is 1. The zero-order valence-corrected chi connectivity index (χ0v) is 14.0. The Kier molecular flexibility index (Phi) is 5.76. The van der Waals surface area contributed by atoms with Crippen LogP contribution in [0.25, 0.3) is 0 Å². The Balaban J connectivity index is 1.86. The number of benzene rings is 1. The molecule has 1 aromatic heterocycles. The summed E-state index contributed by atoms with van der Waals surface area (Å²) in [5.41, 5.74) is 1.34. The molecule has 24 heavy (non-hydrogen) atoms. The Bertz CT molecular complexity index is 769. The lowest BCUT2D eigenvalue weighted by Crippen LogP contribution is -2.31. The molecule has 0 unspecified atom stereocenters. The van der Waals surface area contributed by atoms with Crippen molar-refractivity contribution >= 4 is 29.3 Å². The van der Waals surface area contributed by atoms with E-state index in [2.05, 4.69) is 10.3 Å². The minimum atomic E-state index is -0.701. The van der Waals surface area contributed by atoms with Crippen molar-refractivity contribution in [1.29, 1.82) is 0 Å². The van der Waals surface area contributed by atoms with Gasteiger partial charge in [-0.15, -0.1) is 0 Å². The molecule has 2 aromatic rings. The fourth-order valence-corrected chi connectivity index (χ4v) is 2.27. The van der Waals surface area contributed by atoms with Crippen LogP contribution in [0.4, 0.5) is 0 Å². The van der Waals surface area contributed by atoms with Gasteiger partial charge in [0, 0.05) is 16.8 Å². The Morgan fingerprint density at radius 1 is 1.29 bits per heavy atom. The summed E-state index contributed by atoms with van der Waals surface area (Å²) < 4.78 is 4.92. The number of hydrogen-bond donors (Lipinski definition) is 2. The number of ether oxygens (including phenoxy) is 1. The first-order valence-corrected chi connectivity index (χ1v) is 7.66. The first-order valence-electron chi connectivity index (χ1n) is 7.28. The number of amides is 1. The lowest BCUT2D eigenvalue weighted by Gasteiger charge is -2.14. The number of hydrogen-bond acceptors (Lipinski definition) is 4. The number of Topliss-reactive ketones (excluding diaryl/α,β-unsaturated/α-hetero) is 1. The fraction of sp³-hybridized carbons (Fsp3) is 0.235. The highest BCUT2D eigenvalue weighted by Crippen LogP contribution is 2.17. The van der Waals surface area contributed by atoms with Crippen LogP contribution in [0, 0.1) is 0 Å². The summed E-state index contributed by atoms with van der Waals surface area (Å²) in [6.45, 7) is 2.77. The van der Waals surface area contributed by atoms with Gasteiger partial charge in [0.15, 0.2) is 12.4 Å². The fourth-order valence-electron chi connectivity index (χ4n) is 2.07. The topological polar surface area (TPSA) is 88.3 Å². The van der Waals surface area contributed by atoms with Gasteiger partial charge in [-0.2, -0.15) is 0 Å². The minimum Gasteiger partial charge on any atom is -0.451 e. The normalized spacial score (nSPS) is 11.6. The van der Waals surface area contributed by atoms with E-state index in [1.807, 2.05) is 6.07 Å². The van der Waals surface area contributed by atoms with Crippen LogP contribution in [0.5, 0.6) is 0 Å². The molecule has 0 saturated carbocycles. The monoisotopic (exact) mass is 348 g/mol. The summed E-state index contributed by atoms with van der Waals surface area (Å²) in [4.78, 5) is 37.5. The maximum absolute atomic E-state index is 11.9. The van der Waals surface area contributed by atoms with E-state index >= 15 is 0 Å². The molecule has 1 atom stereocenters. The first-order chi connectivity index (χ1) is 11.4. The molecule has 0 spiro atoms. The van der Waals surface area contributed by atoms with Gasteiger partial charge in [-0.25, -0.2) is 4.79 Å². The number of ketones is 1. The zero-order valence-electron chi connectivity index (χ0n) is 13.3. The molecule has 126 valence electrons. The van der Waals surface area contributed by atoms with Gasteiger partial charge in [-0.3, -0.25) is 9.59 Å². The second-order valence-corrected chi connectivity index (χ2v) is 5.71. The van der Waals surface area contributed by atoms with Gasteiger partial charge in [0.25, 0.3) is 5.91 Å². The van der Waals surface area contributed by atoms with Crippen LogP contribution < -0.4 is 5.32 Å². The van der Waals surface area contributed by atoms with E-state index in [-0.39, 0.29) is 17.5 Å². The third-order valence-electron chi connectivity index (χ3n) is 3.37. The van der Waals surface area contributed by atoms with E-state index in [9.17, 15) is 14.4 Å². The van der Waals surface area contributed by atoms with E-state index in [0.29, 0.717) is 10.6 Å². The van der Waals surface area contributed by atoms with Crippen LogP contribution >= 0.6 is 11.6 Å². The van der Waals surface area contributed by atoms with Crippen LogP contribution in [0.15, 0.2) is 36.5 Å². The third kappa shape index (κ3) is 4.70. The molecule has 1 amide bonds. The second-order valence-electron chi connectivity index (χ2n) is 5.28. The summed E-state index contributed by atoms with van der Waals surface area (Å²) in [6, 6.07) is 8.23. The molecule has 0 aliphatic rings. The van der Waals surface area contributed by atoms with Crippen molar-refractivity contribution < 1.29 is 19.1 Å². The Hall–Kier alpha value is -2.60. The van der Waals surface area contributed by atoms with Crippen LogP contribution in [0.3, 0.4) is 0 Å². The highest BCUT2D eigenvalue weighted by atomic mass is 35.5. The van der Waals surface area contributed by atoms with Crippen molar-refractivity contribution in [3.05, 3.63) is 58.4 Å². The van der Waals surface area contributed by atoms with Crippen molar-refractivity contribution in [2.45, 2.75) is 19.9 Å². The number of aromatic nitrogens is 1. The number of esters is 1. The number of carbonyl (C=O) groups is 3. The lowest BCUT2D eigenvalue weighted by molar-refractivity contribution is -0.124. The molecule has 1 heterocycles. The van der Waals surface area contributed by atoms with Crippen LogP contribution in [0.1, 0.15) is 46.3 Å². The number of carbonyl (C=O) groups excluding carboxylic acids is 3. The Labute approximate surface area is 144 Å². The second kappa shape index (κ2) is 7.79. The Morgan fingerprint density at radius 3 is 2.67 bits per heavy atom. The SMILES string of the molecule is CC(=O)c1c[nH]c(C(=O)OCC(=O)N[C@H](C)c2cccc(Cl)c2)c1. The lowest BCUT2D eigenvalue weighted by atomic mass is 10.1. The highest BCUT2D eigenvalue weighted by molar-refractivity contribution is 6.30. The van der Waals surface area contributed by atoms with Gasteiger partial charge in [0.1, 0.15) is 5.69 Å². The summed E-state index contributed by atoms with van der Waals surface area (Å²) >= 11 is 5.91. The average Bonchev–Trinajstić information content (AvgIpc) is 3.03. The van der Waals surface area contributed by atoms with Crippen LogP contribution in [-0.2, 0) is 9.53 Å². The summed E-state index contributed by atoms with van der Waals surface area (Å²) in [6.07, 6.45) is 1.42. The van der Waals surface area contributed by atoms with Crippen LogP contribution in [0.2, 0.25) is 5.02 Å². The van der Waals surface area contributed by atoms with Crippen molar-refractivity contribution in [1.82, 2.24) is 10.3 Å². The van der Waals surface area contributed by atoms with Crippen molar-refractivity contribution in [2.75, 3.05) is 6.61 Å². The van der Waals surface area contributed by atoms with Gasteiger partial charge in [-0.1, -0.05) is 23.7 Å². The number of rotatable bonds is 6. The number of aromatic amines is 1. The van der Waals surface area contributed by atoms with Gasteiger partial charge in [0.2, 0.25) is 0 Å². The van der Waals surface area contributed by atoms with E-state index in [1.54, 1.807) is 25.1 Å². The molecule has 0 aliphatic carbocycles. The van der Waals surface area contributed by atoms with Gasteiger partial charge >= 0.3 is 5.97 Å². The van der Waals surface area contributed by atoms with Gasteiger partial charge in [0.05, 0.1) is 6.04 Å². The average molecular weight is 349 g/mol. The first kappa shape index (κ1) is 17.7. The molecule has 0 bridgehead atoms. The maximum atomic E-state index is 11.9. The largest absolute Gasteiger partial charge is 0.451 e. The number of nitrogens with one attached hydrogen (secondary N) is 2. The summed E-state index contributed by atoms with van der Waals surface area (Å²) in [5.74, 6) is -1.30. The van der Waals surface area contributed by atoms with Crippen LogP contribution in [-0.4, -0.2) is 29.3 Å². The predicted octanol–water partition coefficient (Wildman–Crippen LogP) is 2.90. The standard InChI is InChI=1S/C17H17ClN2O4/c1-10(12-4-3-5-14(18)6-12)20-16(22)9-24-17(23)15-7-13(8-19-15)11(2)21/h3-8,10,19H,9H2,1-2H3,(H,20,22)/t10-/m1/s1. The molecule has 1 aromatic carbocycles. The molecule has 0 fully saturated rings. The molecule has 0 aliphatic heterocycles. The molecular weight excluding hydrogens is 332 g/mol. The van der Waals surface area contributed by atoms with Crippen molar-refractivity contribution in [3.8, 4) is 0 Å². The zero-order chi connectivity index (χ0) is 17.7. The molecular formula is C17H17ClN2O4. The van der Waals surface area contributed by atoms with Crippen molar-refractivity contribution in [3.63, 3.8) is 0 Å². The molecule has 7 heteroatoms.